The minimum atomic E-state index is -0.715. The maximum absolute atomic E-state index is 13.1. The van der Waals surface area contributed by atoms with Gasteiger partial charge in [0.15, 0.2) is 17.1 Å². The average Bonchev–Trinajstić information content (AvgIpc) is 3.28. The molecule has 1 unspecified atom stereocenters. The van der Waals surface area contributed by atoms with Gasteiger partial charge in [-0.1, -0.05) is 42.5 Å². The van der Waals surface area contributed by atoms with E-state index in [-0.39, 0.29) is 24.6 Å². The highest BCUT2D eigenvalue weighted by atomic mass is 16.6. The predicted octanol–water partition coefficient (Wildman–Crippen LogP) is 2.41. The van der Waals surface area contributed by atoms with Gasteiger partial charge in [-0.15, -0.1) is 0 Å². The number of nitrogens with one attached hydrogen (secondary N) is 1. The largest absolute Gasteiger partial charge is 0.485 e. The molecule has 0 bridgehead atoms. The smallest absolute Gasteiger partial charge is 0.276 e. The molecule has 1 amide bonds. The van der Waals surface area contributed by atoms with E-state index in [1.165, 1.54) is 4.52 Å². The standard InChI is InChI=1S/C24H20N4O4/c29-23-16-10-11-27(24(30)21-14-31-19-8-4-5-9-20(19)32-21)13-18(16)25-22-12-17(26-28(22)23)15-6-2-1-3-7-15/h1-9,12,21,26H,10-11,13-14H2. The van der Waals surface area contributed by atoms with Crippen molar-refractivity contribution in [3.05, 3.63) is 82.3 Å². The Hall–Kier alpha value is -4.07. The second-order valence-corrected chi connectivity index (χ2v) is 7.95. The molecule has 4 aromatic rings. The van der Waals surface area contributed by atoms with E-state index in [9.17, 15) is 9.59 Å². The van der Waals surface area contributed by atoms with Gasteiger partial charge in [-0.3, -0.25) is 14.7 Å². The zero-order chi connectivity index (χ0) is 21.7. The Morgan fingerprint density at radius 1 is 1.06 bits per heavy atom. The van der Waals surface area contributed by atoms with Crippen molar-refractivity contribution in [2.24, 2.45) is 0 Å². The lowest BCUT2D eigenvalue weighted by atomic mass is 10.1. The number of ether oxygens (including phenoxy) is 2. The van der Waals surface area contributed by atoms with Crippen molar-refractivity contribution in [3.8, 4) is 22.8 Å². The number of para-hydroxylation sites is 2. The maximum atomic E-state index is 13.1. The quantitative estimate of drug-likeness (QED) is 0.530. The van der Waals surface area contributed by atoms with Crippen LogP contribution < -0.4 is 15.0 Å². The summed E-state index contributed by atoms with van der Waals surface area (Å²) in [4.78, 5) is 32.6. The van der Waals surface area contributed by atoms with Gasteiger partial charge in [0.2, 0.25) is 6.10 Å². The molecule has 2 aromatic heterocycles. The van der Waals surface area contributed by atoms with Gasteiger partial charge in [-0.2, -0.15) is 0 Å². The molecule has 2 aliphatic rings. The number of H-pyrrole nitrogens is 1. The fourth-order valence-corrected chi connectivity index (χ4v) is 4.29. The number of hydrogen-bond acceptors (Lipinski definition) is 5. The zero-order valence-electron chi connectivity index (χ0n) is 17.2. The van der Waals surface area contributed by atoms with Crippen molar-refractivity contribution in [1.82, 2.24) is 19.5 Å². The summed E-state index contributed by atoms with van der Waals surface area (Å²) in [6.07, 6.45) is -0.270. The number of nitrogens with zero attached hydrogens (tertiary/aromatic N) is 3. The summed E-state index contributed by atoms with van der Waals surface area (Å²) < 4.78 is 13.0. The molecule has 8 heteroatoms. The van der Waals surface area contributed by atoms with Crippen LogP contribution in [0, 0.1) is 0 Å². The minimum absolute atomic E-state index is 0.120. The first-order valence-corrected chi connectivity index (χ1v) is 10.5. The fraction of sp³-hybridized carbons (Fsp3) is 0.208. The molecule has 4 heterocycles. The molecule has 0 radical (unpaired) electrons. The number of fused-ring (bicyclic) bond motifs is 3. The second-order valence-electron chi connectivity index (χ2n) is 7.95. The highest BCUT2D eigenvalue weighted by molar-refractivity contribution is 5.82. The number of aromatic amines is 1. The average molecular weight is 428 g/mol. The Kier molecular flexibility index (Phi) is 4.24. The molecule has 8 nitrogen and oxygen atoms in total. The van der Waals surface area contributed by atoms with Gasteiger partial charge in [0, 0.05) is 18.2 Å². The molecule has 2 aliphatic heterocycles. The van der Waals surface area contributed by atoms with Crippen molar-refractivity contribution in [1.29, 1.82) is 0 Å². The van der Waals surface area contributed by atoms with Crippen molar-refractivity contribution >= 4 is 11.6 Å². The van der Waals surface area contributed by atoms with E-state index in [0.29, 0.717) is 41.4 Å². The summed E-state index contributed by atoms with van der Waals surface area (Å²) in [5.74, 6) is 1.04. The number of hydrogen-bond donors (Lipinski definition) is 1. The van der Waals surface area contributed by atoms with Gasteiger partial charge >= 0.3 is 0 Å². The second kappa shape index (κ2) is 7.26. The summed E-state index contributed by atoms with van der Waals surface area (Å²) in [5.41, 5.74) is 3.47. The maximum Gasteiger partial charge on any atom is 0.276 e. The van der Waals surface area contributed by atoms with Crippen LogP contribution in [0.4, 0.5) is 0 Å². The Morgan fingerprint density at radius 3 is 2.69 bits per heavy atom. The molecule has 1 atom stereocenters. The number of benzene rings is 2. The van der Waals surface area contributed by atoms with E-state index < -0.39 is 6.10 Å². The fourth-order valence-electron chi connectivity index (χ4n) is 4.29. The Balaban J connectivity index is 1.28. The molecule has 0 spiro atoms. The summed E-state index contributed by atoms with van der Waals surface area (Å²) in [5, 5.41) is 3.15. The van der Waals surface area contributed by atoms with E-state index in [1.807, 2.05) is 54.6 Å². The molecule has 1 N–H and O–H groups in total. The Morgan fingerprint density at radius 2 is 1.84 bits per heavy atom. The van der Waals surface area contributed by atoms with E-state index >= 15 is 0 Å². The number of aromatic nitrogens is 3. The predicted molar refractivity (Wildman–Crippen MR) is 117 cm³/mol. The van der Waals surface area contributed by atoms with Crippen molar-refractivity contribution in [3.63, 3.8) is 0 Å². The van der Waals surface area contributed by atoms with Crippen LogP contribution in [0.1, 0.15) is 11.3 Å². The third-order valence-electron chi connectivity index (χ3n) is 5.95. The van der Waals surface area contributed by atoms with Crippen LogP contribution in [0.5, 0.6) is 11.5 Å². The van der Waals surface area contributed by atoms with Crippen LogP contribution >= 0.6 is 0 Å². The molecular weight excluding hydrogens is 408 g/mol. The minimum Gasteiger partial charge on any atom is -0.485 e. The van der Waals surface area contributed by atoms with Crippen LogP contribution in [0.15, 0.2) is 65.5 Å². The molecule has 32 heavy (non-hydrogen) atoms. The third-order valence-corrected chi connectivity index (χ3v) is 5.95. The Labute approximate surface area is 183 Å². The first-order chi connectivity index (χ1) is 15.7. The highest BCUT2D eigenvalue weighted by Gasteiger charge is 2.34. The molecule has 0 saturated carbocycles. The molecule has 2 aromatic carbocycles. The lowest BCUT2D eigenvalue weighted by Gasteiger charge is -2.32. The first-order valence-electron chi connectivity index (χ1n) is 10.5. The topological polar surface area (TPSA) is 88.9 Å². The molecule has 0 aliphatic carbocycles. The number of carbonyl (C=O) groups is 1. The summed E-state index contributed by atoms with van der Waals surface area (Å²) in [7, 11) is 0. The molecule has 160 valence electrons. The van der Waals surface area contributed by atoms with Crippen LogP contribution in [0.3, 0.4) is 0 Å². The molecular formula is C24H20N4O4. The van der Waals surface area contributed by atoms with Gasteiger partial charge in [0.05, 0.1) is 17.9 Å². The monoisotopic (exact) mass is 428 g/mol. The lowest BCUT2D eigenvalue weighted by Crippen LogP contribution is -2.49. The van der Waals surface area contributed by atoms with E-state index in [1.54, 1.807) is 11.0 Å². The van der Waals surface area contributed by atoms with Gasteiger partial charge in [0.1, 0.15) is 6.61 Å². The van der Waals surface area contributed by atoms with Crippen molar-refractivity contribution < 1.29 is 14.3 Å². The summed E-state index contributed by atoms with van der Waals surface area (Å²) >= 11 is 0. The summed E-state index contributed by atoms with van der Waals surface area (Å²) in [6, 6.07) is 18.9. The number of amides is 1. The van der Waals surface area contributed by atoms with Crippen LogP contribution in [-0.2, 0) is 17.8 Å². The first kappa shape index (κ1) is 18.7. The summed E-state index contributed by atoms with van der Waals surface area (Å²) in [6.45, 7) is 0.864. The SMILES string of the molecule is O=C(C1COc2ccccc2O1)N1CCc2c(nc3cc(-c4ccccc4)[nH]n3c2=O)C1. The number of rotatable bonds is 2. The van der Waals surface area contributed by atoms with Crippen LogP contribution in [0.2, 0.25) is 0 Å². The highest BCUT2D eigenvalue weighted by Crippen LogP contribution is 2.31. The van der Waals surface area contributed by atoms with Crippen molar-refractivity contribution in [2.45, 2.75) is 19.1 Å². The van der Waals surface area contributed by atoms with Gasteiger partial charge < -0.3 is 14.4 Å². The molecule has 0 saturated heterocycles. The molecule has 6 rings (SSSR count). The van der Waals surface area contributed by atoms with Gasteiger partial charge in [0.25, 0.3) is 11.5 Å². The normalized spacial score (nSPS) is 17.2. The van der Waals surface area contributed by atoms with Crippen LogP contribution in [0.25, 0.3) is 16.9 Å². The van der Waals surface area contributed by atoms with E-state index in [2.05, 4.69) is 5.10 Å². The molecule has 0 fully saturated rings. The zero-order valence-corrected chi connectivity index (χ0v) is 17.2. The Bertz CT molecular complexity index is 1390. The van der Waals surface area contributed by atoms with Crippen molar-refractivity contribution in [2.75, 3.05) is 13.2 Å². The number of carbonyl (C=O) groups excluding carboxylic acids is 1. The van der Waals surface area contributed by atoms with Gasteiger partial charge in [-0.05, 0) is 24.1 Å². The van der Waals surface area contributed by atoms with E-state index in [4.69, 9.17) is 14.5 Å². The third kappa shape index (κ3) is 3.03. The van der Waals surface area contributed by atoms with Gasteiger partial charge in [-0.25, -0.2) is 9.50 Å². The van der Waals surface area contributed by atoms with E-state index in [0.717, 1.165) is 11.3 Å². The lowest BCUT2D eigenvalue weighted by molar-refractivity contribution is -0.142. The van der Waals surface area contributed by atoms with Crippen LogP contribution in [-0.4, -0.2) is 44.7 Å².